The lowest BCUT2D eigenvalue weighted by Gasteiger charge is -2.28. The van der Waals surface area contributed by atoms with Crippen LogP contribution in [0.3, 0.4) is 0 Å². The van der Waals surface area contributed by atoms with Gasteiger partial charge in [-0.25, -0.2) is 4.39 Å². The highest BCUT2D eigenvalue weighted by Crippen LogP contribution is 2.24. The first kappa shape index (κ1) is 14.8. The molecule has 0 N–H and O–H groups in total. The smallest absolute Gasteiger partial charge is 0.257 e. The van der Waals surface area contributed by atoms with E-state index in [-0.39, 0.29) is 17.5 Å². The second kappa shape index (κ2) is 6.71. The van der Waals surface area contributed by atoms with E-state index in [1.165, 1.54) is 6.07 Å². The molecular formula is C14H16BrClFNO. The van der Waals surface area contributed by atoms with Crippen molar-refractivity contribution in [1.82, 2.24) is 4.90 Å². The number of amides is 1. The fraction of sp³-hybridized carbons (Fsp3) is 0.500. The summed E-state index contributed by atoms with van der Waals surface area (Å²) in [6.45, 7) is 0.655. The summed E-state index contributed by atoms with van der Waals surface area (Å²) in [5.41, 5.74) is 0.117. The summed E-state index contributed by atoms with van der Waals surface area (Å²) in [5.74, 6) is -0.349. The number of nitrogens with zero attached hydrogens (tertiary/aromatic N) is 1. The highest BCUT2D eigenvalue weighted by Gasteiger charge is 2.27. The number of rotatable bonds is 2. The number of hydrogen-bond donors (Lipinski definition) is 0. The van der Waals surface area contributed by atoms with E-state index < -0.39 is 5.82 Å². The molecule has 0 spiro atoms. The van der Waals surface area contributed by atoms with Crippen molar-refractivity contribution in [3.05, 3.63) is 34.1 Å². The maximum atomic E-state index is 14.0. The standard InChI is InChI=1S/C14H16BrClFNO/c15-12-7-4-6-11(13(12)17)14(19)18-8-3-1-2-5-10(18)9-16/h4,6-7,10H,1-3,5,8-9H2. The van der Waals surface area contributed by atoms with Gasteiger partial charge in [-0.05, 0) is 40.9 Å². The van der Waals surface area contributed by atoms with Gasteiger partial charge < -0.3 is 4.90 Å². The summed E-state index contributed by atoms with van der Waals surface area (Å²) in [7, 11) is 0. The zero-order valence-corrected chi connectivity index (χ0v) is 12.9. The van der Waals surface area contributed by atoms with Crippen molar-refractivity contribution in [2.75, 3.05) is 12.4 Å². The van der Waals surface area contributed by atoms with Crippen LogP contribution in [0.1, 0.15) is 36.0 Å². The molecule has 0 radical (unpaired) electrons. The Balaban J connectivity index is 2.28. The fourth-order valence-corrected chi connectivity index (χ4v) is 3.12. The molecule has 5 heteroatoms. The van der Waals surface area contributed by atoms with E-state index in [0.717, 1.165) is 25.7 Å². The zero-order valence-electron chi connectivity index (χ0n) is 10.5. The van der Waals surface area contributed by atoms with Crippen LogP contribution in [0.4, 0.5) is 4.39 Å². The first-order valence-electron chi connectivity index (χ1n) is 6.46. The molecule has 1 unspecified atom stereocenters. The van der Waals surface area contributed by atoms with E-state index in [0.29, 0.717) is 16.9 Å². The monoisotopic (exact) mass is 347 g/mol. The highest BCUT2D eigenvalue weighted by atomic mass is 79.9. The third kappa shape index (κ3) is 3.29. The Bertz CT molecular complexity index is 469. The third-order valence-corrected chi connectivity index (χ3v) is 4.47. The maximum absolute atomic E-state index is 14.0. The Labute approximate surface area is 126 Å². The first-order valence-corrected chi connectivity index (χ1v) is 7.79. The van der Waals surface area contributed by atoms with Crippen molar-refractivity contribution in [3.8, 4) is 0 Å². The Morgan fingerprint density at radius 2 is 2.21 bits per heavy atom. The van der Waals surface area contributed by atoms with Gasteiger partial charge in [0.2, 0.25) is 0 Å². The topological polar surface area (TPSA) is 20.3 Å². The van der Waals surface area contributed by atoms with Gasteiger partial charge in [0, 0.05) is 18.5 Å². The third-order valence-electron chi connectivity index (χ3n) is 3.50. The molecule has 0 bridgehead atoms. The molecule has 1 aromatic rings. The minimum absolute atomic E-state index is 0.00930. The predicted molar refractivity (Wildman–Crippen MR) is 78.1 cm³/mol. The molecule has 0 aliphatic carbocycles. The lowest BCUT2D eigenvalue weighted by molar-refractivity contribution is 0.0695. The van der Waals surface area contributed by atoms with Crippen LogP contribution in [0, 0.1) is 5.82 Å². The Morgan fingerprint density at radius 3 is 2.95 bits per heavy atom. The molecule has 1 saturated heterocycles. The van der Waals surface area contributed by atoms with Crippen LogP contribution in [0.25, 0.3) is 0 Å². The molecule has 0 saturated carbocycles. The summed E-state index contributed by atoms with van der Waals surface area (Å²) < 4.78 is 14.3. The number of carbonyl (C=O) groups excluding carboxylic acids is 1. The fourth-order valence-electron chi connectivity index (χ4n) is 2.43. The van der Waals surface area contributed by atoms with Gasteiger partial charge in [-0.15, -0.1) is 11.6 Å². The van der Waals surface area contributed by atoms with Gasteiger partial charge in [0.05, 0.1) is 10.0 Å². The number of carbonyl (C=O) groups is 1. The molecule has 1 amide bonds. The van der Waals surface area contributed by atoms with Crippen LogP contribution in [0.15, 0.2) is 22.7 Å². The normalized spacial score (nSPS) is 20.2. The lowest BCUT2D eigenvalue weighted by Crippen LogP contribution is -2.41. The van der Waals surface area contributed by atoms with Crippen molar-refractivity contribution in [2.45, 2.75) is 31.7 Å². The Morgan fingerprint density at radius 1 is 1.42 bits per heavy atom. The minimum atomic E-state index is -0.495. The molecule has 1 aliphatic heterocycles. The molecular weight excluding hydrogens is 333 g/mol. The Hall–Kier alpha value is -0.610. The largest absolute Gasteiger partial charge is 0.334 e. The van der Waals surface area contributed by atoms with E-state index in [1.807, 2.05) is 0 Å². The number of likely N-dealkylation sites (tertiary alicyclic amines) is 1. The van der Waals surface area contributed by atoms with Crippen molar-refractivity contribution in [3.63, 3.8) is 0 Å². The van der Waals surface area contributed by atoms with Crippen molar-refractivity contribution < 1.29 is 9.18 Å². The van der Waals surface area contributed by atoms with Crippen LogP contribution in [-0.4, -0.2) is 29.3 Å². The summed E-state index contributed by atoms with van der Waals surface area (Å²) >= 11 is 9.07. The average molecular weight is 349 g/mol. The second-order valence-corrected chi connectivity index (χ2v) is 5.92. The molecule has 1 fully saturated rings. The number of halogens is 3. The average Bonchev–Trinajstić information content (AvgIpc) is 2.66. The molecule has 2 nitrogen and oxygen atoms in total. The first-order chi connectivity index (χ1) is 9.15. The summed E-state index contributed by atoms with van der Waals surface area (Å²) in [6.07, 6.45) is 4.01. The molecule has 19 heavy (non-hydrogen) atoms. The van der Waals surface area contributed by atoms with Gasteiger partial charge >= 0.3 is 0 Å². The van der Waals surface area contributed by atoms with Gasteiger partial charge in [-0.2, -0.15) is 0 Å². The van der Waals surface area contributed by atoms with Crippen molar-refractivity contribution >= 4 is 33.4 Å². The molecule has 2 rings (SSSR count). The molecule has 1 aliphatic rings. The quantitative estimate of drug-likeness (QED) is 0.733. The predicted octanol–water partition coefficient (Wildman–Crippen LogP) is 4.21. The zero-order chi connectivity index (χ0) is 13.8. The maximum Gasteiger partial charge on any atom is 0.257 e. The second-order valence-electron chi connectivity index (χ2n) is 4.76. The summed E-state index contributed by atoms with van der Waals surface area (Å²) in [4.78, 5) is 14.2. The van der Waals surface area contributed by atoms with Crippen LogP contribution < -0.4 is 0 Å². The highest BCUT2D eigenvalue weighted by molar-refractivity contribution is 9.10. The SMILES string of the molecule is O=C(c1cccc(Br)c1F)N1CCCCCC1CCl. The van der Waals surface area contributed by atoms with Crippen LogP contribution >= 0.6 is 27.5 Å². The number of alkyl halides is 1. The lowest BCUT2D eigenvalue weighted by atomic mass is 10.1. The summed E-state index contributed by atoms with van der Waals surface area (Å²) in [6, 6.07) is 4.80. The number of benzene rings is 1. The van der Waals surface area contributed by atoms with Gasteiger partial charge in [0.15, 0.2) is 0 Å². The number of hydrogen-bond acceptors (Lipinski definition) is 1. The van der Waals surface area contributed by atoms with E-state index >= 15 is 0 Å². The van der Waals surface area contributed by atoms with E-state index in [2.05, 4.69) is 15.9 Å². The summed E-state index contributed by atoms with van der Waals surface area (Å²) in [5, 5.41) is 0. The molecule has 1 atom stereocenters. The van der Waals surface area contributed by atoms with Gasteiger partial charge in [0.25, 0.3) is 5.91 Å². The Kier molecular flexibility index (Phi) is 5.22. The van der Waals surface area contributed by atoms with Crippen LogP contribution in [0.2, 0.25) is 0 Å². The molecule has 1 heterocycles. The van der Waals surface area contributed by atoms with Crippen LogP contribution in [0.5, 0.6) is 0 Å². The minimum Gasteiger partial charge on any atom is -0.334 e. The van der Waals surface area contributed by atoms with E-state index in [9.17, 15) is 9.18 Å². The van der Waals surface area contributed by atoms with E-state index in [4.69, 9.17) is 11.6 Å². The van der Waals surface area contributed by atoms with E-state index in [1.54, 1.807) is 17.0 Å². The molecule has 0 aromatic heterocycles. The van der Waals surface area contributed by atoms with Crippen molar-refractivity contribution in [2.24, 2.45) is 0 Å². The van der Waals surface area contributed by atoms with Crippen LogP contribution in [-0.2, 0) is 0 Å². The van der Waals surface area contributed by atoms with Gasteiger partial charge in [-0.3, -0.25) is 4.79 Å². The van der Waals surface area contributed by atoms with Crippen molar-refractivity contribution in [1.29, 1.82) is 0 Å². The van der Waals surface area contributed by atoms with Gasteiger partial charge in [-0.1, -0.05) is 18.9 Å². The molecule has 104 valence electrons. The van der Waals surface area contributed by atoms with Gasteiger partial charge in [0.1, 0.15) is 5.82 Å². The molecule has 1 aromatic carbocycles.